The Morgan fingerprint density at radius 1 is 0.453 bits per heavy atom. The topological polar surface area (TPSA) is 144 Å². The number of H-pyrrole nitrogens is 4. The van der Waals surface area contributed by atoms with Crippen molar-refractivity contribution in [2.75, 3.05) is 0 Å². The minimum atomic E-state index is 0. The van der Waals surface area contributed by atoms with Gasteiger partial charge < -0.3 is 25.0 Å². The van der Waals surface area contributed by atoms with Crippen molar-refractivity contribution in [1.82, 2.24) is 49.7 Å². The number of aromatic amines is 4. The molecule has 0 aliphatic rings. The van der Waals surface area contributed by atoms with Gasteiger partial charge in [-0.05, 0) is 66.6 Å². The van der Waals surface area contributed by atoms with Crippen molar-refractivity contribution >= 4 is 44.1 Å². The molecule has 0 bridgehead atoms. The first-order valence-electron chi connectivity index (χ1n) is 17.5. The summed E-state index contributed by atoms with van der Waals surface area (Å²) in [6, 6.07) is 36.1. The molecule has 12 heteroatoms. The van der Waals surface area contributed by atoms with Crippen LogP contribution in [-0.4, -0.2) is 49.7 Å². The van der Waals surface area contributed by atoms with Crippen LogP contribution in [0.2, 0.25) is 0 Å². The predicted octanol–water partition coefficient (Wildman–Crippen LogP) is 3.98. The summed E-state index contributed by atoms with van der Waals surface area (Å²) in [6.07, 6.45) is 0. The van der Waals surface area contributed by atoms with Crippen LogP contribution in [0.25, 0.3) is 44.1 Å². The van der Waals surface area contributed by atoms with Gasteiger partial charge in [-0.1, -0.05) is 72.0 Å². The van der Waals surface area contributed by atoms with Crippen LogP contribution < -0.4 is 34.7 Å². The molecule has 258 valence electrons. The molecule has 9 aromatic rings. The molecule has 0 unspecified atom stereocenters. The number of imidazole rings is 4. The second-order valence-corrected chi connectivity index (χ2v) is 13.5. The number of benzene rings is 5. The molecular formula is C41H37N10NaO. The van der Waals surface area contributed by atoms with Crippen LogP contribution in [0, 0.1) is 6.92 Å². The molecule has 0 atom stereocenters. The Bertz CT molecular complexity index is 2210. The molecule has 0 fully saturated rings. The SMILES string of the molecule is Cc1cc(CN(Cc2nc3ccccc3[nH]2)Cc2nc3ccccc3[nH]2)c([O-])c(CN(Cc2nc3ccccc3[nH]2)Cc2nc3ccccc3[nH]2)c1.[Na+]. The van der Waals surface area contributed by atoms with Crippen molar-refractivity contribution in [3.63, 3.8) is 0 Å². The fourth-order valence-electron chi connectivity index (χ4n) is 7.15. The van der Waals surface area contributed by atoms with E-state index in [9.17, 15) is 5.11 Å². The molecule has 53 heavy (non-hydrogen) atoms. The van der Waals surface area contributed by atoms with Crippen molar-refractivity contribution in [3.05, 3.63) is 149 Å². The van der Waals surface area contributed by atoms with Crippen LogP contribution >= 0.6 is 0 Å². The van der Waals surface area contributed by atoms with Crippen LogP contribution in [-0.2, 0) is 39.3 Å². The Hall–Kier alpha value is -5.30. The molecule has 0 saturated heterocycles. The Balaban J connectivity index is 0.00000400. The maximum Gasteiger partial charge on any atom is 1.00 e. The normalized spacial score (nSPS) is 11.8. The van der Waals surface area contributed by atoms with E-state index in [1.165, 1.54) is 0 Å². The van der Waals surface area contributed by atoms with E-state index in [1.807, 2.05) is 109 Å². The summed E-state index contributed by atoms with van der Waals surface area (Å²) in [6.45, 7) is 4.95. The van der Waals surface area contributed by atoms with Gasteiger partial charge in [-0.2, -0.15) is 0 Å². The van der Waals surface area contributed by atoms with Gasteiger partial charge in [0.1, 0.15) is 23.3 Å². The summed E-state index contributed by atoms with van der Waals surface area (Å²) in [4.78, 5) is 37.7. The van der Waals surface area contributed by atoms with E-state index in [-0.39, 0.29) is 35.3 Å². The summed E-state index contributed by atoms with van der Waals surface area (Å²) in [7, 11) is 0. The van der Waals surface area contributed by atoms with Gasteiger partial charge in [-0.3, -0.25) is 9.80 Å². The van der Waals surface area contributed by atoms with E-state index in [0.717, 1.165) is 84.1 Å². The Morgan fingerprint density at radius 3 is 1.02 bits per heavy atom. The zero-order chi connectivity index (χ0) is 35.0. The summed E-state index contributed by atoms with van der Waals surface area (Å²) < 4.78 is 0. The van der Waals surface area contributed by atoms with E-state index in [4.69, 9.17) is 19.9 Å². The van der Waals surface area contributed by atoms with Crippen LogP contribution in [0.15, 0.2) is 109 Å². The van der Waals surface area contributed by atoms with Gasteiger partial charge in [0, 0.05) is 13.1 Å². The van der Waals surface area contributed by atoms with Crippen LogP contribution in [0.5, 0.6) is 5.75 Å². The van der Waals surface area contributed by atoms with E-state index in [0.29, 0.717) is 39.3 Å². The Labute approximate surface area is 327 Å². The largest absolute Gasteiger partial charge is 1.00 e. The summed E-state index contributed by atoms with van der Waals surface area (Å²) in [5, 5.41) is 14.4. The zero-order valence-corrected chi connectivity index (χ0v) is 31.7. The molecule has 0 spiro atoms. The maximum absolute atomic E-state index is 14.4. The van der Waals surface area contributed by atoms with E-state index in [2.05, 4.69) is 36.7 Å². The minimum absolute atomic E-state index is 0. The Morgan fingerprint density at radius 2 is 0.736 bits per heavy atom. The molecule has 11 nitrogen and oxygen atoms in total. The number of hydrogen-bond acceptors (Lipinski definition) is 7. The Kier molecular flexibility index (Phi) is 9.82. The molecule has 5 aromatic carbocycles. The molecule has 0 aliphatic carbocycles. The van der Waals surface area contributed by atoms with Crippen LogP contribution in [0.3, 0.4) is 0 Å². The molecular weight excluding hydrogens is 672 g/mol. The summed E-state index contributed by atoms with van der Waals surface area (Å²) in [5.41, 5.74) is 10.1. The fraction of sp³-hybridized carbons (Fsp3) is 0.171. The molecule has 4 heterocycles. The molecule has 0 amide bonds. The number of fused-ring (bicyclic) bond motifs is 4. The average Bonchev–Trinajstić information content (AvgIpc) is 3.93. The molecule has 0 aliphatic heterocycles. The maximum atomic E-state index is 14.4. The van der Waals surface area contributed by atoms with Crippen molar-refractivity contribution in [1.29, 1.82) is 0 Å². The van der Waals surface area contributed by atoms with E-state index >= 15 is 0 Å². The predicted molar refractivity (Wildman–Crippen MR) is 201 cm³/mol. The summed E-state index contributed by atoms with van der Waals surface area (Å²) in [5.74, 6) is 3.37. The monoisotopic (exact) mass is 708 g/mol. The number of aromatic nitrogens is 8. The first-order chi connectivity index (χ1) is 25.5. The van der Waals surface area contributed by atoms with Crippen molar-refractivity contribution in [2.24, 2.45) is 0 Å². The first-order valence-corrected chi connectivity index (χ1v) is 17.5. The summed E-state index contributed by atoms with van der Waals surface area (Å²) >= 11 is 0. The van der Waals surface area contributed by atoms with Crippen molar-refractivity contribution in [3.8, 4) is 5.75 Å². The quantitative estimate of drug-likeness (QED) is 0.141. The smallest absolute Gasteiger partial charge is 0.872 e. The number of hydrogen-bond donors (Lipinski definition) is 4. The number of rotatable bonds is 12. The third kappa shape index (κ3) is 7.61. The van der Waals surface area contributed by atoms with Crippen LogP contribution in [0.1, 0.15) is 40.0 Å². The number of nitrogens with one attached hydrogen (secondary N) is 4. The van der Waals surface area contributed by atoms with Gasteiger partial charge in [0.05, 0.1) is 70.3 Å². The molecule has 0 radical (unpaired) electrons. The van der Waals surface area contributed by atoms with Gasteiger partial charge in [0.2, 0.25) is 0 Å². The van der Waals surface area contributed by atoms with Gasteiger partial charge in [0.15, 0.2) is 0 Å². The third-order valence-corrected chi connectivity index (χ3v) is 9.42. The second-order valence-electron chi connectivity index (χ2n) is 13.5. The molecule has 4 aromatic heterocycles. The first kappa shape index (κ1) is 34.8. The van der Waals surface area contributed by atoms with Gasteiger partial charge in [-0.25, -0.2) is 19.9 Å². The van der Waals surface area contributed by atoms with Crippen molar-refractivity contribution in [2.45, 2.75) is 46.2 Å². The zero-order valence-electron chi connectivity index (χ0n) is 29.7. The minimum Gasteiger partial charge on any atom is -0.872 e. The molecule has 0 saturated carbocycles. The fourth-order valence-corrected chi connectivity index (χ4v) is 7.15. The van der Waals surface area contributed by atoms with E-state index < -0.39 is 0 Å². The molecule has 4 N–H and O–H groups in total. The third-order valence-electron chi connectivity index (χ3n) is 9.42. The van der Waals surface area contributed by atoms with Gasteiger partial charge in [0.25, 0.3) is 0 Å². The number of aryl methyl sites for hydroxylation is 1. The second kappa shape index (κ2) is 15.0. The molecule has 9 rings (SSSR count). The standard InChI is InChI=1S/C41H38N10O.Na/c1-26-18-27(20-50(22-37-42-29-10-2-3-11-30(29)43-37)23-38-44-31-12-4-5-13-32(31)45-38)41(52)28(19-26)21-51(24-39-46-33-14-6-7-15-34(33)47-39)25-40-48-35-16-8-9-17-36(35)49-40;/h2-19,52H,20-25H2,1H3,(H,42,43)(H,44,45)(H,46,47)(H,48,49);/q;+1/p-1. The van der Waals surface area contributed by atoms with E-state index in [1.54, 1.807) is 0 Å². The average molecular weight is 709 g/mol. The van der Waals surface area contributed by atoms with Gasteiger partial charge >= 0.3 is 29.6 Å². The van der Waals surface area contributed by atoms with Crippen LogP contribution in [0.4, 0.5) is 0 Å². The van der Waals surface area contributed by atoms with Crippen molar-refractivity contribution < 1.29 is 34.7 Å². The number of nitrogens with zero attached hydrogens (tertiary/aromatic N) is 6. The van der Waals surface area contributed by atoms with Gasteiger partial charge in [-0.15, -0.1) is 0 Å². The number of para-hydroxylation sites is 8.